The first kappa shape index (κ1) is 22.4. The minimum atomic E-state index is -0.260. The number of hydrogen-bond acceptors (Lipinski definition) is 4. The molecule has 0 heterocycles. The first-order valence-corrected chi connectivity index (χ1v) is 10.8. The third kappa shape index (κ3) is 6.33. The molecule has 0 radical (unpaired) electrons. The van der Waals surface area contributed by atoms with Crippen LogP contribution < -0.4 is 14.8 Å². The van der Waals surface area contributed by atoms with E-state index in [1.165, 1.54) is 0 Å². The number of nitrogens with zero attached hydrogens (tertiary/aromatic N) is 1. The van der Waals surface area contributed by atoms with Crippen LogP contribution in [0, 0.1) is 14.9 Å². The Labute approximate surface area is 195 Å². The van der Waals surface area contributed by atoms with E-state index in [9.17, 15) is 10.1 Å². The molecule has 1 N–H and O–H groups in total. The SMILES string of the molecule is CCOc1cc(/C=C(\C#N)c2ccccc2)cc(I)c1OCC(=O)Nc1ccccc1. The molecule has 0 unspecified atom stereocenters. The summed E-state index contributed by atoms with van der Waals surface area (Å²) in [4.78, 5) is 12.2. The highest BCUT2D eigenvalue weighted by atomic mass is 127. The van der Waals surface area contributed by atoms with E-state index in [1.54, 1.807) is 0 Å². The number of benzene rings is 3. The maximum atomic E-state index is 12.2. The molecule has 0 saturated heterocycles. The summed E-state index contributed by atoms with van der Waals surface area (Å²) >= 11 is 2.15. The van der Waals surface area contributed by atoms with Gasteiger partial charge in [-0.2, -0.15) is 5.26 Å². The Balaban J connectivity index is 1.81. The van der Waals surface area contributed by atoms with Crippen LogP contribution in [0.15, 0.2) is 72.8 Å². The van der Waals surface area contributed by atoms with Crippen LogP contribution in [0.2, 0.25) is 0 Å². The van der Waals surface area contributed by atoms with E-state index in [0.29, 0.717) is 29.4 Å². The van der Waals surface area contributed by atoms with Crippen LogP contribution in [0.4, 0.5) is 5.69 Å². The van der Waals surface area contributed by atoms with E-state index in [-0.39, 0.29) is 12.5 Å². The number of hydrogen-bond donors (Lipinski definition) is 1. The predicted molar refractivity (Wildman–Crippen MR) is 131 cm³/mol. The molecule has 0 bridgehead atoms. The van der Waals surface area contributed by atoms with Gasteiger partial charge in [0.05, 0.1) is 21.8 Å². The second-order valence-electron chi connectivity index (χ2n) is 6.50. The normalized spacial score (nSPS) is 10.8. The molecule has 0 saturated carbocycles. The van der Waals surface area contributed by atoms with E-state index in [2.05, 4.69) is 34.0 Å². The summed E-state index contributed by atoms with van der Waals surface area (Å²) in [7, 11) is 0. The van der Waals surface area contributed by atoms with Crippen LogP contribution in [0.25, 0.3) is 11.6 Å². The second kappa shape index (κ2) is 11.2. The number of halogens is 1. The Morgan fingerprint density at radius 3 is 2.39 bits per heavy atom. The molecule has 0 aliphatic heterocycles. The summed E-state index contributed by atoms with van der Waals surface area (Å²) < 4.78 is 12.3. The van der Waals surface area contributed by atoms with Gasteiger partial charge in [0.2, 0.25) is 0 Å². The lowest BCUT2D eigenvalue weighted by molar-refractivity contribution is -0.118. The zero-order valence-electron chi connectivity index (χ0n) is 17.0. The average molecular weight is 524 g/mol. The van der Waals surface area contributed by atoms with Gasteiger partial charge >= 0.3 is 0 Å². The molecule has 0 aromatic heterocycles. The molecule has 6 heteroatoms. The van der Waals surface area contributed by atoms with Crippen LogP contribution >= 0.6 is 22.6 Å². The highest BCUT2D eigenvalue weighted by molar-refractivity contribution is 14.1. The van der Waals surface area contributed by atoms with Crippen molar-refractivity contribution in [2.24, 2.45) is 0 Å². The number of para-hydroxylation sites is 1. The van der Waals surface area contributed by atoms with Crippen molar-refractivity contribution in [3.05, 3.63) is 87.5 Å². The standard InChI is InChI=1S/C25H21IN2O3/c1-2-30-23-15-18(13-20(16-27)19-9-5-3-6-10-19)14-22(26)25(23)31-17-24(29)28-21-11-7-4-8-12-21/h3-15H,2,17H2,1H3,(H,28,29)/b20-13+. The number of rotatable bonds is 8. The number of amides is 1. The number of allylic oxidation sites excluding steroid dienone is 1. The second-order valence-corrected chi connectivity index (χ2v) is 7.66. The van der Waals surface area contributed by atoms with Crippen molar-refractivity contribution in [1.29, 1.82) is 5.26 Å². The van der Waals surface area contributed by atoms with Crippen molar-refractivity contribution in [1.82, 2.24) is 0 Å². The maximum Gasteiger partial charge on any atom is 0.262 e. The van der Waals surface area contributed by atoms with Crippen LogP contribution in [0.3, 0.4) is 0 Å². The highest BCUT2D eigenvalue weighted by Gasteiger charge is 2.14. The minimum Gasteiger partial charge on any atom is -0.490 e. The van der Waals surface area contributed by atoms with Crippen LogP contribution in [0.1, 0.15) is 18.1 Å². The maximum absolute atomic E-state index is 12.2. The van der Waals surface area contributed by atoms with Gasteiger partial charge in [0.25, 0.3) is 5.91 Å². The fourth-order valence-corrected chi connectivity index (χ4v) is 3.68. The molecular formula is C25H21IN2O3. The summed E-state index contributed by atoms with van der Waals surface area (Å²) in [5.74, 6) is 0.767. The lowest BCUT2D eigenvalue weighted by atomic mass is 10.0. The summed E-state index contributed by atoms with van der Waals surface area (Å²) in [5.41, 5.74) is 2.92. The van der Waals surface area contributed by atoms with E-state index >= 15 is 0 Å². The van der Waals surface area contributed by atoms with E-state index < -0.39 is 0 Å². The van der Waals surface area contributed by atoms with Gasteiger partial charge < -0.3 is 14.8 Å². The van der Waals surface area contributed by atoms with Gasteiger partial charge in [-0.1, -0.05) is 48.5 Å². The van der Waals surface area contributed by atoms with Gasteiger partial charge in [0.15, 0.2) is 18.1 Å². The molecule has 0 atom stereocenters. The molecule has 3 aromatic carbocycles. The van der Waals surface area contributed by atoms with E-state index in [0.717, 1.165) is 14.7 Å². The Morgan fingerprint density at radius 2 is 1.74 bits per heavy atom. The third-order valence-electron chi connectivity index (χ3n) is 4.25. The Bertz CT molecular complexity index is 1110. The largest absolute Gasteiger partial charge is 0.490 e. The summed E-state index contributed by atoms with van der Waals surface area (Å²) in [5, 5.41) is 12.4. The molecule has 156 valence electrons. The lowest BCUT2D eigenvalue weighted by Crippen LogP contribution is -2.20. The molecule has 31 heavy (non-hydrogen) atoms. The van der Waals surface area contributed by atoms with Crippen LogP contribution in [-0.2, 0) is 4.79 Å². The van der Waals surface area contributed by atoms with Crippen molar-refractivity contribution in [3.63, 3.8) is 0 Å². The smallest absolute Gasteiger partial charge is 0.262 e. The number of carbonyl (C=O) groups is 1. The minimum absolute atomic E-state index is 0.145. The van der Waals surface area contributed by atoms with Crippen molar-refractivity contribution >= 4 is 45.8 Å². The quantitative estimate of drug-likeness (QED) is 0.231. The van der Waals surface area contributed by atoms with Gasteiger partial charge in [-0.3, -0.25) is 4.79 Å². The van der Waals surface area contributed by atoms with Gasteiger partial charge in [-0.25, -0.2) is 0 Å². The molecule has 3 rings (SSSR count). The third-order valence-corrected chi connectivity index (χ3v) is 5.05. The van der Waals surface area contributed by atoms with Gasteiger partial charge in [-0.15, -0.1) is 0 Å². The first-order chi connectivity index (χ1) is 15.1. The van der Waals surface area contributed by atoms with Gasteiger partial charge in [-0.05, 0) is 71.0 Å². The molecule has 3 aromatic rings. The fraction of sp³-hybridized carbons (Fsp3) is 0.120. The number of nitrogens with one attached hydrogen (secondary N) is 1. The molecule has 0 aliphatic rings. The molecule has 1 amide bonds. The number of anilines is 1. The van der Waals surface area contributed by atoms with E-state index in [1.807, 2.05) is 85.8 Å². The molecule has 0 fully saturated rings. The zero-order chi connectivity index (χ0) is 22.1. The Kier molecular flexibility index (Phi) is 8.07. The predicted octanol–water partition coefficient (Wildman–Crippen LogP) is 5.77. The monoisotopic (exact) mass is 524 g/mol. The molecule has 5 nitrogen and oxygen atoms in total. The lowest BCUT2D eigenvalue weighted by Gasteiger charge is -2.15. The van der Waals surface area contributed by atoms with Crippen LogP contribution in [0.5, 0.6) is 11.5 Å². The molecule has 0 aliphatic carbocycles. The molecular weight excluding hydrogens is 503 g/mol. The highest BCUT2D eigenvalue weighted by Crippen LogP contribution is 2.35. The summed E-state index contributed by atoms with van der Waals surface area (Å²) in [6.07, 6.45) is 1.81. The topological polar surface area (TPSA) is 71.3 Å². The number of nitriles is 1. The number of carbonyl (C=O) groups excluding carboxylic acids is 1. The first-order valence-electron chi connectivity index (χ1n) is 9.72. The molecule has 0 spiro atoms. The Morgan fingerprint density at radius 1 is 1.06 bits per heavy atom. The van der Waals surface area contributed by atoms with Crippen molar-refractivity contribution in [2.45, 2.75) is 6.92 Å². The average Bonchev–Trinajstić information content (AvgIpc) is 2.78. The van der Waals surface area contributed by atoms with E-state index in [4.69, 9.17) is 9.47 Å². The fourth-order valence-electron chi connectivity index (χ4n) is 2.90. The Hall–Kier alpha value is -3.31. The van der Waals surface area contributed by atoms with Crippen molar-refractivity contribution in [3.8, 4) is 17.6 Å². The van der Waals surface area contributed by atoms with Crippen molar-refractivity contribution < 1.29 is 14.3 Å². The van der Waals surface area contributed by atoms with Crippen molar-refractivity contribution in [2.75, 3.05) is 18.5 Å². The number of ether oxygens (including phenoxy) is 2. The van der Waals surface area contributed by atoms with Gasteiger partial charge in [0, 0.05) is 5.69 Å². The summed E-state index contributed by atoms with van der Waals surface area (Å²) in [6, 6.07) is 24.7. The van der Waals surface area contributed by atoms with Crippen LogP contribution in [-0.4, -0.2) is 19.1 Å². The van der Waals surface area contributed by atoms with Gasteiger partial charge in [0.1, 0.15) is 0 Å². The zero-order valence-corrected chi connectivity index (χ0v) is 19.1. The summed E-state index contributed by atoms with van der Waals surface area (Å²) in [6.45, 7) is 2.18.